The third kappa shape index (κ3) is 5.64. The minimum Gasteiger partial charge on any atom is -0.481 e. The highest BCUT2D eigenvalue weighted by molar-refractivity contribution is 5.79. The fourth-order valence-electron chi connectivity index (χ4n) is 4.55. The molecule has 0 saturated heterocycles. The molecule has 2 aromatic rings. The van der Waals surface area contributed by atoms with Gasteiger partial charge in [-0.25, -0.2) is 4.98 Å². The molecule has 1 atom stereocenters. The Labute approximate surface area is 189 Å². The van der Waals surface area contributed by atoms with Crippen molar-refractivity contribution < 1.29 is 14.7 Å². The molecule has 7 heteroatoms. The number of hydrogen-bond acceptors (Lipinski definition) is 5. The molecule has 3 N–H and O–H groups in total. The number of carboxylic acid groups (broad SMARTS) is 1. The first-order valence-corrected chi connectivity index (χ1v) is 11.8. The molecule has 1 amide bonds. The summed E-state index contributed by atoms with van der Waals surface area (Å²) in [5, 5.41) is 15.8. The fourth-order valence-corrected chi connectivity index (χ4v) is 4.55. The minimum atomic E-state index is -0.935. The molecular formula is C25H32N4O3. The first-order valence-electron chi connectivity index (χ1n) is 11.8. The van der Waals surface area contributed by atoms with Crippen molar-refractivity contribution in [1.82, 2.24) is 15.3 Å². The van der Waals surface area contributed by atoms with Gasteiger partial charge >= 0.3 is 5.97 Å². The van der Waals surface area contributed by atoms with E-state index in [0.717, 1.165) is 87.1 Å². The van der Waals surface area contributed by atoms with Crippen LogP contribution < -0.4 is 10.6 Å². The molecular weight excluding hydrogens is 404 g/mol. The molecule has 0 unspecified atom stereocenters. The number of carbonyl (C=O) groups excluding carboxylic acids is 1. The van der Waals surface area contributed by atoms with Gasteiger partial charge in [0.2, 0.25) is 5.91 Å². The van der Waals surface area contributed by atoms with Crippen molar-refractivity contribution in [2.45, 2.75) is 70.1 Å². The fraction of sp³-hybridized carbons (Fsp3) is 0.520. The van der Waals surface area contributed by atoms with Crippen molar-refractivity contribution in [3.63, 3.8) is 0 Å². The van der Waals surface area contributed by atoms with Crippen molar-refractivity contribution in [3.05, 3.63) is 52.5 Å². The molecule has 4 rings (SSSR count). The van der Waals surface area contributed by atoms with Crippen molar-refractivity contribution in [2.75, 3.05) is 18.4 Å². The maximum Gasteiger partial charge on any atom is 0.312 e. The molecule has 7 nitrogen and oxygen atoms in total. The van der Waals surface area contributed by atoms with Crippen LogP contribution in [0.25, 0.3) is 0 Å². The SMILES string of the molecule is O=C(CCCCc1ccc2c(n1)NCCC2)NC[C@@H](C(=O)O)c1cnc2c(c1)CCCC2. The number of nitrogens with one attached hydrogen (secondary N) is 2. The Morgan fingerprint density at radius 3 is 2.81 bits per heavy atom. The van der Waals surface area contributed by atoms with Crippen LogP contribution in [0.4, 0.5) is 5.82 Å². The van der Waals surface area contributed by atoms with Gasteiger partial charge in [-0.1, -0.05) is 12.1 Å². The summed E-state index contributed by atoms with van der Waals surface area (Å²) in [5.41, 5.74) is 5.23. The summed E-state index contributed by atoms with van der Waals surface area (Å²) in [4.78, 5) is 33.3. The van der Waals surface area contributed by atoms with Gasteiger partial charge < -0.3 is 15.7 Å². The Morgan fingerprint density at radius 2 is 1.94 bits per heavy atom. The number of nitrogens with zero attached hydrogens (tertiary/aromatic N) is 2. The Bertz CT molecular complexity index is 976. The summed E-state index contributed by atoms with van der Waals surface area (Å²) in [5.74, 6) is -0.814. The predicted molar refractivity (Wildman–Crippen MR) is 123 cm³/mol. The highest BCUT2D eigenvalue weighted by atomic mass is 16.4. The molecule has 170 valence electrons. The van der Waals surface area contributed by atoms with Crippen LogP contribution in [0.1, 0.15) is 72.5 Å². The van der Waals surface area contributed by atoms with E-state index in [1.165, 1.54) is 5.56 Å². The molecule has 0 fully saturated rings. The molecule has 0 bridgehead atoms. The quantitative estimate of drug-likeness (QED) is 0.521. The maximum atomic E-state index is 12.3. The Morgan fingerprint density at radius 1 is 1.09 bits per heavy atom. The molecule has 1 aliphatic carbocycles. The van der Waals surface area contributed by atoms with Gasteiger partial charge in [0.05, 0.1) is 0 Å². The highest BCUT2D eigenvalue weighted by Crippen LogP contribution is 2.24. The van der Waals surface area contributed by atoms with E-state index in [1.807, 2.05) is 6.07 Å². The molecule has 0 radical (unpaired) electrons. The number of carbonyl (C=O) groups is 2. The van der Waals surface area contributed by atoms with Crippen molar-refractivity contribution >= 4 is 17.7 Å². The molecule has 2 aromatic heterocycles. The molecule has 32 heavy (non-hydrogen) atoms. The number of pyridine rings is 2. The minimum absolute atomic E-state index is 0.0900. The van der Waals surface area contributed by atoms with Crippen LogP contribution in [0, 0.1) is 0 Å². The number of carboxylic acids is 1. The van der Waals surface area contributed by atoms with E-state index < -0.39 is 11.9 Å². The van der Waals surface area contributed by atoms with Gasteiger partial charge in [-0.3, -0.25) is 14.6 Å². The summed E-state index contributed by atoms with van der Waals surface area (Å²) in [7, 11) is 0. The highest BCUT2D eigenvalue weighted by Gasteiger charge is 2.23. The van der Waals surface area contributed by atoms with E-state index in [4.69, 9.17) is 4.98 Å². The Balaban J connectivity index is 1.22. The number of unbranched alkanes of at least 4 members (excludes halogenated alkanes) is 1. The number of aromatic nitrogens is 2. The smallest absolute Gasteiger partial charge is 0.312 e. The van der Waals surface area contributed by atoms with Gasteiger partial charge in [0.1, 0.15) is 11.7 Å². The average molecular weight is 437 g/mol. The second-order valence-corrected chi connectivity index (χ2v) is 8.82. The van der Waals surface area contributed by atoms with Crippen molar-refractivity contribution in [3.8, 4) is 0 Å². The topological polar surface area (TPSA) is 104 Å². The Hall–Kier alpha value is -2.96. The number of aryl methyl sites for hydroxylation is 4. The largest absolute Gasteiger partial charge is 0.481 e. The standard InChI is InChI=1S/C25H32N4O3/c30-23(10-4-2-8-20-12-11-17-7-5-13-26-24(17)29-20)28-16-21(25(31)32)19-14-18-6-1-3-9-22(18)27-15-19/h11-12,14-15,21H,1-10,13,16H2,(H,26,29)(H,28,30)(H,31,32)/t21-/m1/s1. The molecule has 0 aromatic carbocycles. The van der Waals surface area contributed by atoms with Gasteiger partial charge in [-0.05, 0) is 80.5 Å². The number of rotatable bonds is 9. The monoisotopic (exact) mass is 436 g/mol. The first kappa shape index (κ1) is 22.2. The third-order valence-electron chi connectivity index (χ3n) is 6.43. The van der Waals surface area contributed by atoms with Crippen LogP contribution in [0.3, 0.4) is 0 Å². The molecule has 2 aliphatic rings. The lowest BCUT2D eigenvalue weighted by molar-refractivity contribution is -0.138. The van der Waals surface area contributed by atoms with E-state index in [-0.39, 0.29) is 12.5 Å². The zero-order valence-corrected chi connectivity index (χ0v) is 18.5. The van der Waals surface area contributed by atoms with Gasteiger partial charge in [0, 0.05) is 37.1 Å². The van der Waals surface area contributed by atoms with E-state index in [0.29, 0.717) is 12.0 Å². The predicted octanol–water partition coefficient (Wildman–Crippen LogP) is 3.41. The summed E-state index contributed by atoms with van der Waals surface area (Å²) >= 11 is 0. The number of anilines is 1. The van der Waals surface area contributed by atoms with E-state index in [2.05, 4.69) is 27.8 Å². The molecule has 1 aliphatic heterocycles. The third-order valence-corrected chi connectivity index (χ3v) is 6.43. The van der Waals surface area contributed by atoms with Crippen LogP contribution >= 0.6 is 0 Å². The zero-order chi connectivity index (χ0) is 22.3. The van der Waals surface area contributed by atoms with Gasteiger partial charge in [-0.2, -0.15) is 0 Å². The lowest BCUT2D eigenvalue weighted by Crippen LogP contribution is -2.31. The van der Waals surface area contributed by atoms with Crippen molar-refractivity contribution in [2.24, 2.45) is 0 Å². The number of aliphatic carboxylic acids is 1. The van der Waals surface area contributed by atoms with Crippen LogP contribution in [-0.2, 0) is 35.3 Å². The summed E-state index contributed by atoms with van der Waals surface area (Å²) in [6.45, 7) is 1.06. The molecule has 0 saturated carbocycles. The number of amides is 1. The summed E-state index contributed by atoms with van der Waals surface area (Å²) in [6.07, 6.45) is 10.9. The lowest BCUT2D eigenvalue weighted by Gasteiger charge is -2.19. The van der Waals surface area contributed by atoms with E-state index >= 15 is 0 Å². The number of fused-ring (bicyclic) bond motifs is 2. The maximum absolute atomic E-state index is 12.3. The van der Waals surface area contributed by atoms with E-state index in [1.54, 1.807) is 6.20 Å². The van der Waals surface area contributed by atoms with Crippen LogP contribution in [0.2, 0.25) is 0 Å². The Kier molecular flexibility index (Phi) is 7.35. The second kappa shape index (κ2) is 10.6. The van der Waals surface area contributed by atoms with Crippen molar-refractivity contribution in [1.29, 1.82) is 0 Å². The average Bonchev–Trinajstić information content (AvgIpc) is 2.81. The zero-order valence-electron chi connectivity index (χ0n) is 18.5. The molecule has 3 heterocycles. The second-order valence-electron chi connectivity index (χ2n) is 8.82. The van der Waals surface area contributed by atoms with Gasteiger partial charge in [-0.15, -0.1) is 0 Å². The van der Waals surface area contributed by atoms with E-state index in [9.17, 15) is 14.7 Å². The van der Waals surface area contributed by atoms with Crippen LogP contribution in [0.15, 0.2) is 24.4 Å². The molecule has 0 spiro atoms. The lowest BCUT2D eigenvalue weighted by atomic mass is 9.92. The van der Waals surface area contributed by atoms with Gasteiger partial charge in [0.15, 0.2) is 0 Å². The number of hydrogen-bond donors (Lipinski definition) is 3. The van der Waals surface area contributed by atoms with Crippen LogP contribution in [-0.4, -0.2) is 40.0 Å². The van der Waals surface area contributed by atoms with Gasteiger partial charge in [0.25, 0.3) is 0 Å². The normalized spacial score (nSPS) is 15.8. The summed E-state index contributed by atoms with van der Waals surface area (Å²) in [6, 6.07) is 6.20. The van der Waals surface area contributed by atoms with Crippen LogP contribution in [0.5, 0.6) is 0 Å². The first-order chi connectivity index (χ1) is 15.6. The summed E-state index contributed by atoms with van der Waals surface area (Å²) < 4.78 is 0.